The lowest BCUT2D eigenvalue weighted by Crippen LogP contribution is -2.33. The normalized spacial score (nSPS) is 10.4. The average molecular weight is 357 g/mol. The van der Waals surface area contributed by atoms with E-state index < -0.39 is 11.8 Å². The van der Waals surface area contributed by atoms with Crippen molar-refractivity contribution in [3.05, 3.63) is 59.4 Å². The molecule has 0 fully saturated rings. The van der Waals surface area contributed by atoms with E-state index >= 15 is 0 Å². The standard InChI is InChI=1S/C17H15N3O4S/c18-15(21)9-20-17(22)11-3-1-4-12(7-11)23-10-16-19-8-13(24-16)14-5-2-6-25-14/h1-8H,9-10H2,(H2,18,21)(H,20,22). The molecule has 2 amide bonds. The van der Waals surface area contributed by atoms with Gasteiger partial charge in [0.25, 0.3) is 5.91 Å². The first-order valence-electron chi connectivity index (χ1n) is 7.40. The van der Waals surface area contributed by atoms with E-state index in [-0.39, 0.29) is 13.2 Å². The van der Waals surface area contributed by atoms with Crippen LogP contribution >= 0.6 is 11.3 Å². The number of hydrogen-bond donors (Lipinski definition) is 2. The van der Waals surface area contributed by atoms with E-state index in [4.69, 9.17) is 14.9 Å². The number of benzene rings is 1. The molecule has 8 heteroatoms. The van der Waals surface area contributed by atoms with Crippen LogP contribution in [0, 0.1) is 0 Å². The van der Waals surface area contributed by atoms with E-state index in [1.165, 1.54) is 0 Å². The molecule has 7 nitrogen and oxygen atoms in total. The SMILES string of the molecule is NC(=O)CNC(=O)c1cccc(OCc2ncc(-c3cccs3)o2)c1. The summed E-state index contributed by atoms with van der Waals surface area (Å²) in [6.07, 6.45) is 1.65. The molecule has 2 heterocycles. The molecule has 0 radical (unpaired) electrons. The molecule has 0 unspecified atom stereocenters. The number of oxazole rings is 1. The fourth-order valence-electron chi connectivity index (χ4n) is 2.05. The van der Waals surface area contributed by atoms with Crippen LogP contribution in [0.2, 0.25) is 0 Å². The van der Waals surface area contributed by atoms with Gasteiger partial charge in [0.2, 0.25) is 11.8 Å². The molecule has 0 aliphatic heterocycles. The van der Waals surface area contributed by atoms with Gasteiger partial charge in [0.05, 0.1) is 17.6 Å². The van der Waals surface area contributed by atoms with Gasteiger partial charge < -0.3 is 20.2 Å². The zero-order valence-electron chi connectivity index (χ0n) is 13.1. The summed E-state index contributed by atoms with van der Waals surface area (Å²) in [5, 5.41) is 4.38. The fraction of sp³-hybridized carbons (Fsp3) is 0.118. The van der Waals surface area contributed by atoms with Crippen LogP contribution in [-0.4, -0.2) is 23.3 Å². The lowest BCUT2D eigenvalue weighted by atomic mass is 10.2. The van der Waals surface area contributed by atoms with Crippen molar-refractivity contribution in [3.8, 4) is 16.4 Å². The summed E-state index contributed by atoms with van der Waals surface area (Å²) in [5.41, 5.74) is 5.37. The maximum absolute atomic E-state index is 11.9. The first-order valence-corrected chi connectivity index (χ1v) is 8.28. The Hall–Kier alpha value is -3.13. The number of nitrogens with two attached hydrogens (primary N) is 1. The highest BCUT2D eigenvalue weighted by Gasteiger charge is 2.10. The van der Waals surface area contributed by atoms with Gasteiger partial charge in [0.1, 0.15) is 5.75 Å². The molecule has 0 aliphatic rings. The quantitative estimate of drug-likeness (QED) is 0.674. The van der Waals surface area contributed by atoms with Crippen LogP contribution in [0.4, 0.5) is 0 Å². The summed E-state index contributed by atoms with van der Waals surface area (Å²) in [6.45, 7) is -0.0799. The molecule has 0 bridgehead atoms. The third-order valence-electron chi connectivity index (χ3n) is 3.20. The van der Waals surface area contributed by atoms with Crippen molar-refractivity contribution >= 4 is 23.2 Å². The first-order chi connectivity index (χ1) is 12.1. The number of nitrogens with one attached hydrogen (secondary N) is 1. The average Bonchev–Trinajstić information content (AvgIpc) is 3.29. The van der Waals surface area contributed by atoms with Gasteiger partial charge in [-0.3, -0.25) is 9.59 Å². The number of aromatic nitrogens is 1. The predicted molar refractivity (Wildman–Crippen MR) is 92.1 cm³/mol. The summed E-state index contributed by atoms with van der Waals surface area (Å²) in [4.78, 5) is 27.8. The molecule has 0 aliphatic carbocycles. The molecular formula is C17H15N3O4S. The van der Waals surface area contributed by atoms with Gasteiger partial charge in [-0.2, -0.15) is 0 Å². The third-order valence-corrected chi connectivity index (χ3v) is 4.08. The summed E-state index contributed by atoms with van der Waals surface area (Å²) in [6, 6.07) is 10.5. The molecule has 1 aromatic carbocycles. The van der Waals surface area contributed by atoms with Crippen molar-refractivity contribution in [2.24, 2.45) is 5.73 Å². The Morgan fingerprint density at radius 2 is 2.16 bits per heavy atom. The van der Waals surface area contributed by atoms with Gasteiger partial charge in [-0.25, -0.2) is 4.98 Å². The van der Waals surface area contributed by atoms with Crippen LogP contribution < -0.4 is 15.8 Å². The number of primary amides is 1. The van der Waals surface area contributed by atoms with Crippen molar-refractivity contribution in [3.63, 3.8) is 0 Å². The molecule has 0 saturated heterocycles. The number of carbonyl (C=O) groups excluding carboxylic acids is 2. The summed E-state index contributed by atoms with van der Waals surface area (Å²) >= 11 is 1.56. The number of rotatable bonds is 7. The van der Waals surface area contributed by atoms with E-state index in [1.807, 2.05) is 17.5 Å². The monoisotopic (exact) mass is 357 g/mol. The Morgan fingerprint density at radius 1 is 1.28 bits per heavy atom. The fourth-order valence-corrected chi connectivity index (χ4v) is 2.72. The highest BCUT2D eigenvalue weighted by atomic mass is 32.1. The molecule has 128 valence electrons. The molecule has 3 N–H and O–H groups in total. The highest BCUT2D eigenvalue weighted by Crippen LogP contribution is 2.25. The van der Waals surface area contributed by atoms with Crippen molar-refractivity contribution in [2.75, 3.05) is 6.54 Å². The maximum Gasteiger partial charge on any atom is 0.251 e. The van der Waals surface area contributed by atoms with E-state index in [1.54, 1.807) is 41.8 Å². The summed E-state index contributed by atoms with van der Waals surface area (Å²) in [7, 11) is 0. The van der Waals surface area contributed by atoms with Gasteiger partial charge in [-0.05, 0) is 29.6 Å². The minimum absolute atomic E-state index is 0.137. The minimum Gasteiger partial charge on any atom is -0.484 e. The smallest absolute Gasteiger partial charge is 0.251 e. The molecule has 0 spiro atoms. The lowest BCUT2D eigenvalue weighted by molar-refractivity contribution is -0.117. The van der Waals surface area contributed by atoms with Crippen molar-refractivity contribution in [1.82, 2.24) is 10.3 Å². The second-order valence-corrected chi connectivity index (χ2v) is 6.01. The van der Waals surface area contributed by atoms with Crippen LogP contribution in [-0.2, 0) is 11.4 Å². The number of thiophene rings is 1. The van der Waals surface area contributed by atoms with Crippen LogP contribution in [0.15, 0.2) is 52.4 Å². The Labute approximate surface area is 147 Å². The molecule has 0 saturated carbocycles. The highest BCUT2D eigenvalue weighted by molar-refractivity contribution is 7.13. The predicted octanol–water partition coefficient (Wildman–Crippen LogP) is 2.20. The zero-order chi connectivity index (χ0) is 17.6. The number of hydrogen-bond acceptors (Lipinski definition) is 6. The second kappa shape index (κ2) is 7.63. The molecule has 25 heavy (non-hydrogen) atoms. The van der Waals surface area contributed by atoms with Crippen molar-refractivity contribution in [2.45, 2.75) is 6.61 Å². The molecular weight excluding hydrogens is 342 g/mol. The zero-order valence-corrected chi connectivity index (χ0v) is 13.9. The van der Waals surface area contributed by atoms with Gasteiger partial charge in [-0.1, -0.05) is 12.1 Å². The number of amides is 2. The van der Waals surface area contributed by atoms with E-state index in [2.05, 4.69) is 10.3 Å². The Kier molecular flexibility index (Phi) is 5.10. The van der Waals surface area contributed by atoms with E-state index in [9.17, 15) is 9.59 Å². The molecule has 2 aromatic heterocycles. The van der Waals surface area contributed by atoms with Crippen molar-refractivity contribution in [1.29, 1.82) is 0 Å². The van der Waals surface area contributed by atoms with Crippen LogP contribution in [0.25, 0.3) is 10.6 Å². The second-order valence-electron chi connectivity index (χ2n) is 5.06. The van der Waals surface area contributed by atoms with Gasteiger partial charge in [0, 0.05) is 5.56 Å². The largest absolute Gasteiger partial charge is 0.484 e. The molecule has 0 atom stereocenters. The Bertz CT molecular complexity index is 874. The van der Waals surface area contributed by atoms with Gasteiger partial charge in [-0.15, -0.1) is 11.3 Å². The van der Waals surface area contributed by atoms with Gasteiger partial charge in [0.15, 0.2) is 12.4 Å². The summed E-state index contributed by atoms with van der Waals surface area (Å²) < 4.78 is 11.3. The maximum atomic E-state index is 11.9. The number of nitrogens with zero attached hydrogens (tertiary/aromatic N) is 1. The molecule has 3 aromatic rings. The van der Waals surface area contributed by atoms with E-state index in [0.717, 1.165) is 4.88 Å². The van der Waals surface area contributed by atoms with E-state index in [0.29, 0.717) is 23.0 Å². The minimum atomic E-state index is -0.605. The molecule has 3 rings (SSSR count). The topological polar surface area (TPSA) is 107 Å². The Balaban J connectivity index is 1.61. The van der Waals surface area contributed by atoms with Crippen LogP contribution in [0.5, 0.6) is 5.75 Å². The summed E-state index contributed by atoms with van der Waals surface area (Å²) in [5.74, 6) is 0.606. The number of carbonyl (C=O) groups is 2. The van der Waals surface area contributed by atoms with Gasteiger partial charge >= 0.3 is 0 Å². The Morgan fingerprint density at radius 3 is 2.92 bits per heavy atom. The lowest BCUT2D eigenvalue weighted by Gasteiger charge is -2.06. The van der Waals surface area contributed by atoms with Crippen molar-refractivity contribution < 1.29 is 18.7 Å². The third kappa shape index (κ3) is 4.45. The van der Waals surface area contributed by atoms with Crippen LogP contribution in [0.3, 0.4) is 0 Å². The first kappa shape index (κ1) is 16.7. The van der Waals surface area contributed by atoms with Crippen LogP contribution in [0.1, 0.15) is 16.2 Å². The number of ether oxygens (including phenoxy) is 1.